The molecule has 0 bridgehead atoms. The molecule has 0 atom stereocenters. The number of aromatic nitrogens is 2. The van der Waals surface area contributed by atoms with Gasteiger partial charge in [0.2, 0.25) is 0 Å². The number of hydrogen-bond acceptors (Lipinski definition) is 2. The summed E-state index contributed by atoms with van der Waals surface area (Å²) in [5, 5.41) is 0. The second-order valence-corrected chi connectivity index (χ2v) is 5.04. The van der Waals surface area contributed by atoms with Crippen LogP contribution in [-0.2, 0) is 0 Å². The van der Waals surface area contributed by atoms with Gasteiger partial charge in [0.05, 0.1) is 5.52 Å². The molecular formula is C12H14BrN3. The first kappa shape index (κ1) is 10.1. The van der Waals surface area contributed by atoms with Crippen LogP contribution in [0.3, 0.4) is 0 Å². The smallest absolute Gasteiger partial charge is 0.132 e. The fraction of sp³-hybridized carbons (Fsp3) is 0.417. The minimum Gasteiger partial charge on any atom is -0.371 e. The van der Waals surface area contributed by atoms with Crippen LogP contribution in [-0.4, -0.2) is 22.5 Å². The number of hydrogen-bond donors (Lipinski definition) is 0. The average molecular weight is 280 g/mol. The molecule has 3 nitrogen and oxygen atoms in total. The van der Waals surface area contributed by atoms with E-state index in [0.717, 1.165) is 15.9 Å². The third-order valence-electron chi connectivity index (χ3n) is 3.23. The standard InChI is InChI=1S/C12H14BrN3/c1-9-14-12(13)11-8-10(4-7-16(9)11)15-5-2-3-6-15/h4,7-8H,2-3,5-6H2,1H3. The zero-order valence-corrected chi connectivity index (χ0v) is 10.9. The van der Waals surface area contributed by atoms with Gasteiger partial charge in [-0.2, -0.15) is 0 Å². The van der Waals surface area contributed by atoms with Gasteiger partial charge in [-0.15, -0.1) is 0 Å². The van der Waals surface area contributed by atoms with Crippen LogP contribution in [0.4, 0.5) is 5.69 Å². The highest BCUT2D eigenvalue weighted by Gasteiger charge is 2.14. The molecule has 1 aliphatic heterocycles. The Bertz CT molecular complexity index is 526. The van der Waals surface area contributed by atoms with Crippen LogP contribution < -0.4 is 4.90 Å². The lowest BCUT2D eigenvalue weighted by molar-refractivity contribution is 0.949. The topological polar surface area (TPSA) is 20.5 Å². The normalized spacial score (nSPS) is 16.2. The first-order valence-corrected chi connectivity index (χ1v) is 6.44. The monoisotopic (exact) mass is 279 g/mol. The first-order chi connectivity index (χ1) is 7.75. The molecule has 3 rings (SSSR count). The lowest BCUT2D eigenvalue weighted by Gasteiger charge is -2.17. The summed E-state index contributed by atoms with van der Waals surface area (Å²) in [5.74, 6) is 1.02. The van der Waals surface area contributed by atoms with Crippen LogP contribution in [0.1, 0.15) is 18.7 Å². The number of halogens is 1. The van der Waals surface area contributed by atoms with Crippen LogP contribution >= 0.6 is 15.9 Å². The van der Waals surface area contributed by atoms with Gasteiger partial charge in [-0.3, -0.25) is 0 Å². The zero-order chi connectivity index (χ0) is 11.1. The van der Waals surface area contributed by atoms with Crippen molar-refractivity contribution >= 4 is 27.1 Å². The van der Waals surface area contributed by atoms with Crippen molar-refractivity contribution in [2.45, 2.75) is 19.8 Å². The van der Waals surface area contributed by atoms with Crippen LogP contribution in [0.2, 0.25) is 0 Å². The first-order valence-electron chi connectivity index (χ1n) is 5.65. The third kappa shape index (κ3) is 1.52. The Balaban J connectivity index is 2.11. The summed E-state index contributed by atoms with van der Waals surface area (Å²) in [6.45, 7) is 4.38. The highest BCUT2D eigenvalue weighted by atomic mass is 79.9. The van der Waals surface area contributed by atoms with E-state index in [1.54, 1.807) is 0 Å². The quantitative estimate of drug-likeness (QED) is 0.800. The molecule has 0 aromatic carbocycles. The molecule has 1 saturated heterocycles. The van der Waals surface area contributed by atoms with E-state index in [9.17, 15) is 0 Å². The van der Waals surface area contributed by atoms with E-state index in [1.807, 2.05) is 6.92 Å². The summed E-state index contributed by atoms with van der Waals surface area (Å²) in [6.07, 6.45) is 4.73. The van der Waals surface area contributed by atoms with Gasteiger partial charge >= 0.3 is 0 Å². The Morgan fingerprint density at radius 1 is 1.31 bits per heavy atom. The van der Waals surface area contributed by atoms with Crippen molar-refractivity contribution in [1.29, 1.82) is 0 Å². The molecule has 0 aliphatic carbocycles. The maximum atomic E-state index is 4.42. The number of anilines is 1. The Labute approximate surface area is 103 Å². The molecule has 84 valence electrons. The van der Waals surface area contributed by atoms with E-state index in [-0.39, 0.29) is 0 Å². The molecule has 0 saturated carbocycles. The van der Waals surface area contributed by atoms with Crippen molar-refractivity contribution in [3.63, 3.8) is 0 Å². The molecule has 2 aromatic rings. The van der Waals surface area contributed by atoms with Crippen molar-refractivity contribution in [2.75, 3.05) is 18.0 Å². The van der Waals surface area contributed by atoms with Gasteiger partial charge in [-0.05, 0) is 47.8 Å². The van der Waals surface area contributed by atoms with Gasteiger partial charge in [0.1, 0.15) is 10.4 Å². The number of imidazole rings is 1. The lowest BCUT2D eigenvalue weighted by Crippen LogP contribution is -2.17. The van der Waals surface area contributed by atoms with Gasteiger partial charge in [0.15, 0.2) is 0 Å². The van der Waals surface area contributed by atoms with Gasteiger partial charge in [0.25, 0.3) is 0 Å². The lowest BCUT2D eigenvalue weighted by atomic mass is 10.3. The van der Waals surface area contributed by atoms with Gasteiger partial charge < -0.3 is 9.30 Å². The molecule has 1 fully saturated rings. The number of fused-ring (bicyclic) bond motifs is 1. The summed E-state index contributed by atoms with van der Waals surface area (Å²) in [6, 6.07) is 4.40. The van der Waals surface area contributed by atoms with E-state index >= 15 is 0 Å². The van der Waals surface area contributed by atoms with Crippen molar-refractivity contribution in [1.82, 2.24) is 9.38 Å². The maximum Gasteiger partial charge on any atom is 0.132 e. The summed E-state index contributed by atoms with van der Waals surface area (Å²) in [4.78, 5) is 6.86. The van der Waals surface area contributed by atoms with Crippen molar-refractivity contribution in [3.8, 4) is 0 Å². The summed E-state index contributed by atoms with van der Waals surface area (Å²) in [7, 11) is 0. The van der Waals surface area contributed by atoms with Crippen LogP contribution in [0, 0.1) is 6.92 Å². The Hall–Kier alpha value is -1.03. The minimum atomic E-state index is 0.936. The molecular weight excluding hydrogens is 266 g/mol. The van der Waals surface area contributed by atoms with Crippen LogP contribution in [0.5, 0.6) is 0 Å². The molecule has 4 heteroatoms. The van der Waals surface area contributed by atoms with Crippen LogP contribution in [0.25, 0.3) is 5.52 Å². The second-order valence-electron chi connectivity index (χ2n) is 4.28. The average Bonchev–Trinajstić information content (AvgIpc) is 2.88. The fourth-order valence-electron chi connectivity index (χ4n) is 2.36. The molecule has 16 heavy (non-hydrogen) atoms. The Morgan fingerprint density at radius 3 is 2.81 bits per heavy atom. The van der Waals surface area contributed by atoms with Gasteiger partial charge in [-0.25, -0.2) is 4.98 Å². The number of aryl methyl sites for hydroxylation is 1. The maximum absolute atomic E-state index is 4.42. The molecule has 0 amide bonds. The summed E-state index contributed by atoms with van der Waals surface area (Å²) in [5.41, 5.74) is 2.47. The zero-order valence-electron chi connectivity index (χ0n) is 9.28. The van der Waals surface area contributed by atoms with Crippen molar-refractivity contribution in [3.05, 3.63) is 28.8 Å². The summed E-state index contributed by atoms with van der Waals surface area (Å²) >= 11 is 3.51. The molecule has 1 aliphatic rings. The van der Waals surface area contributed by atoms with Gasteiger partial charge in [0, 0.05) is 25.0 Å². The predicted molar refractivity (Wildman–Crippen MR) is 69.1 cm³/mol. The molecule has 0 radical (unpaired) electrons. The van der Waals surface area contributed by atoms with E-state index in [4.69, 9.17) is 0 Å². The van der Waals surface area contributed by atoms with E-state index < -0.39 is 0 Å². The van der Waals surface area contributed by atoms with Crippen molar-refractivity contribution in [2.24, 2.45) is 0 Å². The number of nitrogens with zero attached hydrogens (tertiary/aromatic N) is 3. The van der Waals surface area contributed by atoms with E-state index in [2.05, 4.69) is 48.5 Å². The Morgan fingerprint density at radius 2 is 2.06 bits per heavy atom. The van der Waals surface area contributed by atoms with E-state index in [1.165, 1.54) is 31.6 Å². The predicted octanol–water partition coefficient (Wildman–Crippen LogP) is 3.01. The minimum absolute atomic E-state index is 0.936. The number of pyridine rings is 1. The van der Waals surface area contributed by atoms with Gasteiger partial charge in [-0.1, -0.05) is 0 Å². The molecule has 0 unspecified atom stereocenters. The highest BCUT2D eigenvalue weighted by molar-refractivity contribution is 9.10. The second kappa shape index (κ2) is 3.77. The third-order valence-corrected chi connectivity index (χ3v) is 3.81. The fourth-order valence-corrected chi connectivity index (χ4v) is 2.92. The highest BCUT2D eigenvalue weighted by Crippen LogP contribution is 2.26. The Kier molecular flexibility index (Phi) is 2.39. The largest absolute Gasteiger partial charge is 0.371 e. The SMILES string of the molecule is Cc1nc(Br)c2cc(N3CCCC3)ccn12. The number of rotatable bonds is 1. The van der Waals surface area contributed by atoms with Crippen LogP contribution in [0.15, 0.2) is 22.9 Å². The van der Waals surface area contributed by atoms with Crippen molar-refractivity contribution < 1.29 is 0 Å². The molecule has 3 heterocycles. The van der Waals surface area contributed by atoms with E-state index in [0.29, 0.717) is 0 Å². The molecule has 0 spiro atoms. The molecule has 2 aromatic heterocycles. The summed E-state index contributed by atoms with van der Waals surface area (Å²) < 4.78 is 3.05. The molecule has 0 N–H and O–H groups in total.